The van der Waals surface area contributed by atoms with Crippen LogP contribution in [0.3, 0.4) is 0 Å². The number of nitrogens with zero attached hydrogens (tertiary/aromatic N) is 2. The summed E-state index contributed by atoms with van der Waals surface area (Å²) in [4.78, 5) is 2.31. The van der Waals surface area contributed by atoms with Crippen LogP contribution in [0.1, 0.15) is 18.5 Å². The van der Waals surface area contributed by atoms with E-state index in [1.807, 2.05) is 24.3 Å². The van der Waals surface area contributed by atoms with Crippen LogP contribution < -0.4 is 15.4 Å². The van der Waals surface area contributed by atoms with Gasteiger partial charge in [0, 0.05) is 46.5 Å². The van der Waals surface area contributed by atoms with Gasteiger partial charge in [0.2, 0.25) is 0 Å². The molecule has 2 N–H and O–H groups in total. The summed E-state index contributed by atoms with van der Waals surface area (Å²) in [5, 5.41) is 7.64. The van der Waals surface area contributed by atoms with Crippen LogP contribution in [0.4, 0.5) is 24.5 Å². The number of alkyl halides is 3. The van der Waals surface area contributed by atoms with E-state index in [2.05, 4.69) is 50.4 Å². The molecule has 2 aliphatic heterocycles. The zero-order valence-corrected chi connectivity index (χ0v) is 25.2. The minimum atomic E-state index is -4.39. The number of hydrogen-bond donors (Lipinski definition) is 2. The number of aromatic nitrogens is 1. The molecule has 3 heterocycles. The maximum Gasteiger partial charge on any atom is 0.406 e. The van der Waals surface area contributed by atoms with Crippen LogP contribution in [-0.2, 0) is 16.0 Å². The molecule has 0 spiro atoms. The Hall–Kier alpha value is -2.91. The van der Waals surface area contributed by atoms with Gasteiger partial charge in [-0.1, -0.05) is 27.9 Å². The standard InChI is InChI=1S/C31H36BrF3N4O3/c1-38-10-7-28-22(20-38)8-11-40-12-13-41-14-15-42-26-17-23(32)16-24(18-26)36-9-3-4-25-19-27-29(37-28)5-2-6-30(27)39(25)21-31(33,34)35/h2,5-6,16-19,22,28,36-37H,7-15,20-21H2,1H3. The van der Waals surface area contributed by atoms with Gasteiger partial charge in [0.25, 0.3) is 0 Å². The first kappa shape index (κ1) is 30.5. The van der Waals surface area contributed by atoms with E-state index in [4.69, 9.17) is 14.2 Å². The van der Waals surface area contributed by atoms with Crippen LogP contribution in [0.25, 0.3) is 10.9 Å². The summed E-state index contributed by atoms with van der Waals surface area (Å²) in [6.45, 7) is 3.42. The molecule has 5 rings (SSSR count). The van der Waals surface area contributed by atoms with Gasteiger partial charge in [-0.2, -0.15) is 13.2 Å². The third kappa shape index (κ3) is 8.34. The van der Waals surface area contributed by atoms with E-state index in [9.17, 15) is 13.2 Å². The quantitative estimate of drug-likeness (QED) is 0.317. The van der Waals surface area contributed by atoms with Crippen molar-refractivity contribution in [3.05, 3.63) is 52.6 Å². The Labute approximate surface area is 252 Å². The number of rotatable bonds is 1. The van der Waals surface area contributed by atoms with Crippen LogP contribution in [0.5, 0.6) is 5.75 Å². The van der Waals surface area contributed by atoms with Gasteiger partial charge in [0.1, 0.15) is 18.9 Å². The molecule has 1 saturated heterocycles. The Morgan fingerprint density at radius 2 is 1.83 bits per heavy atom. The van der Waals surface area contributed by atoms with Crippen LogP contribution in [-0.4, -0.2) is 81.4 Å². The third-order valence-electron chi connectivity index (χ3n) is 7.53. The van der Waals surface area contributed by atoms with Crippen LogP contribution in [0, 0.1) is 17.8 Å². The summed E-state index contributed by atoms with van der Waals surface area (Å²) in [6, 6.07) is 13.0. The second kappa shape index (κ2) is 14.0. The highest BCUT2D eigenvalue weighted by molar-refractivity contribution is 9.10. The molecule has 2 atom stereocenters. The number of likely N-dealkylation sites (tertiary alicyclic amines) is 1. The Balaban J connectivity index is 1.46. The van der Waals surface area contributed by atoms with Gasteiger partial charge in [0.15, 0.2) is 0 Å². The topological polar surface area (TPSA) is 59.9 Å². The minimum absolute atomic E-state index is 0.171. The van der Waals surface area contributed by atoms with Crippen molar-refractivity contribution < 1.29 is 27.4 Å². The lowest BCUT2D eigenvalue weighted by atomic mass is 9.89. The van der Waals surface area contributed by atoms with Crippen molar-refractivity contribution in [1.29, 1.82) is 0 Å². The summed E-state index contributed by atoms with van der Waals surface area (Å²) in [6.07, 6.45) is -2.59. The maximum atomic E-state index is 13.7. The summed E-state index contributed by atoms with van der Waals surface area (Å²) < 4.78 is 60.5. The van der Waals surface area contributed by atoms with Gasteiger partial charge >= 0.3 is 6.18 Å². The van der Waals surface area contributed by atoms with Crippen LogP contribution in [0.2, 0.25) is 0 Å². The van der Waals surface area contributed by atoms with E-state index in [0.717, 1.165) is 47.2 Å². The van der Waals surface area contributed by atoms with Crippen molar-refractivity contribution in [3.8, 4) is 17.6 Å². The van der Waals surface area contributed by atoms with Gasteiger partial charge in [-0.25, -0.2) is 0 Å². The molecular weight excluding hydrogens is 613 g/mol. The van der Waals surface area contributed by atoms with Crippen molar-refractivity contribution in [1.82, 2.24) is 9.47 Å². The lowest BCUT2D eigenvalue weighted by molar-refractivity contribution is -0.140. The highest BCUT2D eigenvalue weighted by Crippen LogP contribution is 2.32. The van der Waals surface area contributed by atoms with Crippen molar-refractivity contribution in [2.45, 2.75) is 31.6 Å². The van der Waals surface area contributed by atoms with Crippen LogP contribution >= 0.6 is 15.9 Å². The molecule has 11 heteroatoms. The molecule has 0 radical (unpaired) electrons. The molecule has 0 amide bonds. The molecule has 4 bridgehead atoms. The van der Waals surface area contributed by atoms with Gasteiger partial charge in [-0.05, 0) is 68.6 Å². The van der Waals surface area contributed by atoms with E-state index in [-0.39, 0.29) is 12.6 Å². The van der Waals surface area contributed by atoms with E-state index < -0.39 is 12.7 Å². The number of hydrogen-bond acceptors (Lipinski definition) is 6. The predicted octanol–water partition coefficient (Wildman–Crippen LogP) is 5.98. The first-order valence-electron chi connectivity index (χ1n) is 14.2. The molecule has 7 nitrogen and oxygen atoms in total. The minimum Gasteiger partial charge on any atom is -0.491 e. The number of nitrogens with one attached hydrogen (secondary N) is 2. The molecule has 1 fully saturated rings. The average molecular weight is 650 g/mol. The number of halogens is 4. The molecule has 1 aromatic heterocycles. The summed E-state index contributed by atoms with van der Waals surface area (Å²) in [7, 11) is 2.11. The lowest BCUT2D eigenvalue weighted by Crippen LogP contribution is -2.45. The third-order valence-corrected chi connectivity index (χ3v) is 7.99. The number of piperidine rings is 1. The Morgan fingerprint density at radius 3 is 2.67 bits per heavy atom. The predicted molar refractivity (Wildman–Crippen MR) is 162 cm³/mol. The first-order chi connectivity index (χ1) is 20.2. The highest BCUT2D eigenvalue weighted by atomic mass is 79.9. The van der Waals surface area contributed by atoms with Crippen molar-refractivity contribution >= 4 is 38.2 Å². The fraction of sp³-hybridized carbons (Fsp3) is 0.484. The SMILES string of the molecule is CN1CCC2Nc3cccc4c3cc(n4CC(F)(F)F)C#CCNc3cc(Br)cc(c3)OCCOCCOCCC2C1. The van der Waals surface area contributed by atoms with Gasteiger partial charge < -0.3 is 34.3 Å². The van der Waals surface area contributed by atoms with E-state index in [0.29, 0.717) is 55.9 Å². The summed E-state index contributed by atoms with van der Waals surface area (Å²) in [5.41, 5.74) is 2.42. The number of fused-ring (bicyclic) bond motifs is 4. The Morgan fingerprint density at radius 1 is 1.02 bits per heavy atom. The molecule has 2 aromatic carbocycles. The molecule has 2 aliphatic rings. The lowest BCUT2D eigenvalue weighted by Gasteiger charge is -2.38. The zero-order chi connectivity index (χ0) is 29.5. The van der Waals surface area contributed by atoms with E-state index in [1.165, 1.54) is 4.57 Å². The first-order valence-corrected chi connectivity index (χ1v) is 15.0. The molecule has 226 valence electrons. The summed E-state index contributed by atoms with van der Waals surface area (Å²) >= 11 is 3.50. The number of benzene rings is 2. The second-order valence-electron chi connectivity index (χ2n) is 10.7. The van der Waals surface area contributed by atoms with E-state index >= 15 is 0 Å². The molecule has 0 aliphatic carbocycles. The molecule has 42 heavy (non-hydrogen) atoms. The molecule has 0 saturated carbocycles. The fourth-order valence-corrected chi connectivity index (χ4v) is 6.04. The smallest absolute Gasteiger partial charge is 0.406 e. The monoisotopic (exact) mass is 648 g/mol. The maximum absolute atomic E-state index is 13.7. The molecular formula is C31H36BrF3N4O3. The highest BCUT2D eigenvalue weighted by Gasteiger charge is 2.31. The zero-order valence-electron chi connectivity index (χ0n) is 23.6. The van der Waals surface area contributed by atoms with Crippen molar-refractivity contribution in [3.63, 3.8) is 0 Å². The Kier molecular flexibility index (Phi) is 10.2. The fourth-order valence-electron chi connectivity index (χ4n) is 5.56. The van der Waals surface area contributed by atoms with Gasteiger partial charge in [0.05, 0.1) is 37.6 Å². The average Bonchev–Trinajstić information content (AvgIpc) is 3.27. The normalized spacial score (nSPS) is 21.4. The van der Waals surface area contributed by atoms with Crippen molar-refractivity contribution in [2.75, 3.05) is 70.3 Å². The summed E-state index contributed by atoms with van der Waals surface area (Å²) in [5.74, 6) is 6.98. The second-order valence-corrected chi connectivity index (χ2v) is 11.6. The molecule has 3 aromatic rings. The van der Waals surface area contributed by atoms with Crippen LogP contribution in [0.15, 0.2) is 46.9 Å². The number of anilines is 2. The largest absolute Gasteiger partial charge is 0.491 e. The van der Waals surface area contributed by atoms with E-state index in [1.54, 1.807) is 18.2 Å². The Bertz CT molecular complexity index is 1420. The van der Waals surface area contributed by atoms with Gasteiger partial charge in [-0.15, -0.1) is 0 Å². The van der Waals surface area contributed by atoms with Gasteiger partial charge in [-0.3, -0.25) is 0 Å². The molecule has 2 unspecified atom stereocenters. The number of ether oxygens (including phenoxy) is 3. The van der Waals surface area contributed by atoms with Crippen molar-refractivity contribution in [2.24, 2.45) is 5.92 Å².